The van der Waals surface area contributed by atoms with Crippen LogP contribution in [0.15, 0.2) is 185 Å². The summed E-state index contributed by atoms with van der Waals surface area (Å²) in [6.45, 7) is 0. The summed E-state index contributed by atoms with van der Waals surface area (Å²) in [5, 5.41) is 6.73. The van der Waals surface area contributed by atoms with Gasteiger partial charge >= 0.3 is 0 Å². The Kier molecular flexibility index (Phi) is 6.18. The van der Waals surface area contributed by atoms with E-state index in [1.54, 1.807) is 0 Å². The van der Waals surface area contributed by atoms with Gasteiger partial charge in [0.2, 0.25) is 0 Å². The molecule has 2 aromatic heterocycles. The van der Waals surface area contributed by atoms with Gasteiger partial charge in [0, 0.05) is 38.2 Å². The highest BCUT2D eigenvalue weighted by Gasteiger charge is 2.23. The third kappa shape index (κ3) is 4.37. The minimum absolute atomic E-state index is 0.853. The number of anilines is 3. The standard InChI is InChI=1S/C46H29NO2/c1-2-13-30(14-3-1)34-18-6-8-23-40(34)47(41-24-11-22-38-37-20-7-9-25-42(37)48-46(38)41)33-17-10-16-32(29-33)35-21-12-26-43-44(35)39-28-27-31-15-4-5-19-36(31)45(39)49-43/h1-29H. The molecule has 0 aliphatic heterocycles. The molecule has 49 heavy (non-hydrogen) atoms. The Hall–Kier alpha value is -6.58. The normalized spacial score (nSPS) is 11.7. The van der Waals surface area contributed by atoms with E-state index >= 15 is 0 Å². The third-order valence-electron chi connectivity index (χ3n) is 9.66. The second kappa shape index (κ2) is 11.0. The van der Waals surface area contributed by atoms with Gasteiger partial charge in [-0.15, -0.1) is 0 Å². The van der Waals surface area contributed by atoms with Crippen LogP contribution in [0.5, 0.6) is 0 Å². The molecule has 0 radical (unpaired) electrons. The quantitative estimate of drug-likeness (QED) is 0.190. The van der Waals surface area contributed by atoms with Gasteiger partial charge in [0.1, 0.15) is 16.7 Å². The maximum atomic E-state index is 6.64. The summed E-state index contributed by atoms with van der Waals surface area (Å²) in [6.07, 6.45) is 0. The van der Waals surface area contributed by atoms with Crippen LogP contribution in [0.1, 0.15) is 0 Å². The fraction of sp³-hybridized carbons (Fsp3) is 0. The Morgan fingerprint density at radius 2 is 1.02 bits per heavy atom. The van der Waals surface area contributed by atoms with E-state index in [1.165, 1.54) is 5.39 Å². The minimum Gasteiger partial charge on any atom is -0.455 e. The Morgan fingerprint density at radius 1 is 0.367 bits per heavy atom. The van der Waals surface area contributed by atoms with Crippen molar-refractivity contribution in [1.29, 1.82) is 0 Å². The maximum Gasteiger partial charge on any atom is 0.159 e. The number of benzene rings is 8. The topological polar surface area (TPSA) is 29.5 Å². The molecule has 0 saturated carbocycles. The molecule has 3 heteroatoms. The van der Waals surface area contributed by atoms with E-state index < -0.39 is 0 Å². The van der Waals surface area contributed by atoms with Crippen LogP contribution in [-0.4, -0.2) is 0 Å². The number of fused-ring (bicyclic) bond motifs is 8. The molecule has 0 atom stereocenters. The van der Waals surface area contributed by atoms with Gasteiger partial charge in [0.25, 0.3) is 0 Å². The molecule has 230 valence electrons. The average molecular weight is 628 g/mol. The summed E-state index contributed by atoms with van der Waals surface area (Å²) < 4.78 is 13.2. The lowest BCUT2D eigenvalue weighted by Gasteiger charge is -2.28. The summed E-state index contributed by atoms with van der Waals surface area (Å²) >= 11 is 0. The van der Waals surface area contributed by atoms with Gasteiger partial charge < -0.3 is 13.7 Å². The summed E-state index contributed by atoms with van der Waals surface area (Å²) in [5.74, 6) is 0. The molecule has 2 heterocycles. The van der Waals surface area contributed by atoms with Crippen molar-refractivity contribution in [2.45, 2.75) is 0 Å². The number of furan rings is 2. The van der Waals surface area contributed by atoms with E-state index in [2.05, 4.69) is 169 Å². The maximum absolute atomic E-state index is 6.64. The van der Waals surface area contributed by atoms with Crippen molar-refractivity contribution >= 4 is 71.7 Å². The second-order valence-electron chi connectivity index (χ2n) is 12.5. The molecule has 0 aliphatic rings. The van der Waals surface area contributed by atoms with Crippen molar-refractivity contribution in [2.75, 3.05) is 4.90 Å². The summed E-state index contributed by atoms with van der Waals surface area (Å²) in [5.41, 5.74) is 11.1. The number of hydrogen-bond acceptors (Lipinski definition) is 3. The molecule has 8 aromatic carbocycles. The number of para-hydroxylation sites is 3. The van der Waals surface area contributed by atoms with E-state index in [1.807, 2.05) is 12.1 Å². The molecule has 0 bridgehead atoms. The van der Waals surface area contributed by atoms with Crippen molar-refractivity contribution in [3.63, 3.8) is 0 Å². The van der Waals surface area contributed by atoms with Gasteiger partial charge in [0.15, 0.2) is 5.58 Å². The Morgan fingerprint density at radius 3 is 1.96 bits per heavy atom. The highest BCUT2D eigenvalue weighted by Crippen LogP contribution is 2.47. The third-order valence-corrected chi connectivity index (χ3v) is 9.66. The largest absolute Gasteiger partial charge is 0.455 e. The van der Waals surface area contributed by atoms with E-state index in [4.69, 9.17) is 8.83 Å². The Balaban J connectivity index is 1.23. The molecule has 0 spiro atoms. The number of rotatable bonds is 5. The van der Waals surface area contributed by atoms with Gasteiger partial charge in [-0.05, 0) is 64.5 Å². The van der Waals surface area contributed by atoms with Crippen molar-refractivity contribution in [3.8, 4) is 22.3 Å². The van der Waals surface area contributed by atoms with Crippen LogP contribution < -0.4 is 4.90 Å². The number of hydrogen-bond donors (Lipinski definition) is 0. The summed E-state index contributed by atoms with van der Waals surface area (Å²) in [6, 6.07) is 61.9. The minimum atomic E-state index is 0.853. The predicted molar refractivity (Wildman–Crippen MR) is 204 cm³/mol. The molecule has 10 rings (SSSR count). The van der Waals surface area contributed by atoms with Crippen LogP contribution in [0, 0.1) is 0 Å². The molecule has 3 nitrogen and oxygen atoms in total. The fourth-order valence-corrected chi connectivity index (χ4v) is 7.45. The highest BCUT2D eigenvalue weighted by molar-refractivity contribution is 6.19. The zero-order chi connectivity index (χ0) is 32.3. The van der Waals surface area contributed by atoms with Gasteiger partial charge in [-0.2, -0.15) is 0 Å². The van der Waals surface area contributed by atoms with Gasteiger partial charge in [-0.1, -0.05) is 133 Å². The van der Waals surface area contributed by atoms with E-state index in [-0.39, 0.29) is 0 Å². The van der Waals surface area contributed by atoms with Gasteiger partial charge in [0.05, 0.1) is 11.4 Å². The van der Waals surface area contributed by atoms with Crippen molar-refractivity contribution in [3.05, 3.63) is 176 Å². The van der Waals surface area contributed by atoms with Crippen LogP contribution in [-0.2, 0) is 0 Å². The fourth-order valence-electron chi connectivity index (χ4n) is 7.45. The number of nitrogens with zero attached hydrogens (tertiary/aromatic N) is 1. The van der Waals surface area contributed by atoms with E-state index in [9.17, 15) is 0 Å². The lowest BCUT2D eigenvalue weighted by atomic mass is 9.97. The molecular formula is C46H29NO2. The first-order valence-electron chi connectivity index (χ1n) is 16.6. The summed E-state index contributed by atoms with van der Waals surface area (Å²) in [7, 11) is 0. The molecular weight excluding hydrogens is 599 g/mol. The first kappa shape index (κ1) is 27.5. The molecule has 0 fully saturated rings. The van der Waals surface area contributed by atoms with E-state index in [0.29, 0.717) is 0 Å². The molecule has 0 unspecified atom stereocenters. The Bertz CT molecular complexity index is 2840. The lowest BCUT2D eigenvalue weighted by Crippen LogP contribution is -2.11. The van der Waals surface area contributed by atoms with Crippen LogP contribution in [0.3, 0.4) is 0 Å². The zero-order valence-electron chi connectivity index (χ0n) is 26.5. The molecule has 0 saturated heterocycles. The molecule has 0 aliphatic carbocycles. The van der Waals surface area contributed by atoms with Gasteiger partial charge in [-0.3, -0.25) is 0 Å². The van der Waals surface area contributed by atoms with Crippen LogP contribution >= 0.6 is 0 Å². The van der Waals surface area contributed by atoms with Crippen LogP contribution in [0.4, 0.5) is 17.1 Å². The first-order chi connectivity index (χ1) is 24.3. The highest BCUT2D eigenvalue weighted by atomic mass is 16.3. The molecule has 10 aromatic rings. The zero-order valence-corrected chi connectivity index (χ0v) is 26.5. The smallest absolute Gasteiger partial charge is 0.159 e. The van der Waals surface area contributed by atoms with Crippen LogP contribution in [0.2, 0.25) is 0 Å². The second-order valence-corrected chi connectivity index (χ2v) is 12.5. The molecule has 0 amide bonds. The SMILES string of the molecule is c1ccc(-c2ccccc2N(c2cccc(-c3cccc4oc5c6ccccc6ccc5c34)c2)c2cccc3c2oc2ccccc23)cc1. The van der Waals surface area contributed by atoms with Crippen molar-refractivity contribution < 1.29 is 8.83 Å². The Labute approximate surface area is 282 Å². The monoisotopic (exact) mass is 627 g/mol. The van der Waals surface area contributed by atoms with Crippen LogP contribution in [0.25, 0.3) is 76.9 Å². The van der Waals surface area contributed by atoms with Crippen molar-refractivity contribution in [1.82, 2.24) is 0 Å². The predicted octanol–water partition coefficient (Wildman–Crippen LogP) is 13.4. The molecule has 0 N–H and O–H groups in total. The summed E-state index contributed by atoms with van der Waals surface area (Å²) in [4.78, 5) is 2.34. The van der Waals surface area contributed by atoms with Crippen molar-refractivity contribution in [2.24, 2.45) is 0 Å². The average Bonchev–Trinajstić information content (AvgIpc) is 3.75. The first-order valence-corrected chi connectivity index (χ1v) is 16.6. The van der Waals surface area contributed by atoms with E-state index in [0.717, 1.165) is 88.6 Å². The van der Waals surface area contributed by atoms with Gasteiger partial charge in [-0.25, -0.2) is 0 Å². The lowest BCUT2D eigenvalue weighted by molar-refractivity contribution is 0.669.